The summed E-state index contributed by atoms with van der Waals surface area (Å²) in [7, 11) is 0. The number of nitrogens with zero attached hydrogens (tertiary/aromatic N) is 2. The molecule has 0 N–H and O–H groups in total. The van der Waals surface area contributed by atoms with Gasteiger partial charge >= 0.3 is 0 Å². The van der Waals surface area contributed by atoms with Gasteiger partial charge in [-0.05, 0) is 12.5 Å². The van der Waals surface area contributed by atoms with Crippen molar-refractivity contribution in [3.63, 3.8) is 0 Å². The zero-order valence-electron chi connectivity index (χ0n) is 8.12. The highest BCUT2D eigenvalue weighted by Crippen LogP contribution is 2.17. The standard InChI is InChI=1S/C10H16N2O/c1-8(2)10(13)9-7-11-3-5-12(9)6-4-11/h9H,1,3-7H2,2H3. The van der Waals surface area contributed by atoms with Gasteiger partial charge in [0.2, 0.25) is 0 Å². The first-order valence-corrected chi connectivity index (χ1v) is 4.84. The summed E-state index contributed by atoms with van der Waals surface area (Å²) in [4.78, 5) is 16.4. The lowest BCUT2D eigenvalue weighted by Gasteiger charge is -2.46. The molecule has 3 fully saturated rings. The van der Waals surface area contributed by atoms with Crippen molar-refractivity contribution in [2.75, 3.05) is 32.7 Å². The van der Waals surface area contributed by atoms with Gasteiger partial charge in [0.25, 0.3) is 0 Å². The molecule has 0 aromatic rings. The van der Waals surface area contributed by atoms with Crippen LogP contribution in [0.1, 0.15) is 6.92 Å². The van der Waals surface area contributed by atoms with Crippen LogP contribution in [0, 0.1) is 0 Å². The van der Waals surface area contributed by atoms with Gasteiger partial charge in [-0.15, -0.1) is 0 Å². The van der Waals surface area contributed by atoms with Crippen molar-refractivity contribution in [1.82, 2.24) is 9.80 Å². The Kier molecular flexibility index (Phi) is 2.22. The minimum absolute atomic E-state index is 0.0972. The zero-order chi connectivity index (χ0) is 9.42. The predicted octanol–water partition coefficient (Wildman–Crippen LogP) is 0.131. The molecule has 3 heteroatoms. The number of hydrogen-bond donors (Lipinski definition) is 0. The van der Waals surface area contributed by atoms with Crippen LogP contribution in [0.5, 0.6) is 0 Å². The molecule has 3 nitrogen and oxygen atoms in total. The molecule has 72 valence electrons. The second kappa shape index (κ2) is 3.24. The Morgan fingerprint density at radius 2 is 1.92 bits per heavy atom. The van der Waals surface area contributed by atoms with E-state index in [1.807, 2.05) is 0 Å². The number of hydrogen-bond acceptors (Lipinski definition) is 3. The number of piperazine rings is 3. The van der Waals surface area contributed by atoms with E-state index in [9.17, 15) is 4.79 Å². The Hall–Kier alpha value is -0.670. The molecule has 2 bridgehead atoms. The second-order valence-corrected chi connectivity index (χ2v) is 4.00. The molecule has 3 rings (SSSR count). The molecule has 1 atom stereocenters. The molecule has 0 radical (unpaired) electrons. The van der Waals surface area contributed by atoms with Crippen LogP contribution >= 0.6 is 0 Å². The van der Waals surface area contributed by atoms with Crippen LogP contribution < -0.4 is 0 Å². The third kappa shape index (κ3) is 1.54. The number of ketones is 1. The topological polar surface area (TPSA) is 23.6 Å². The van der Waals surface area contributed by atoms with E-state index in [-0.39, 0.29) is 11.8 Å². The molecule has 3 heterocycles. The zero-order valence-corrected chi connectivity index (χ0v) is 8.12. The monoisotopic (exact) mass is 180 g/mol. The van der Waals surface area contributed by atoms with Gasteiger partial charge in [-0.1, -0.05) is 6.58 Å². The lowest BCUT2D eigenvalue weighted by Crippen LogP contribution is -2.63. The van der Waals surface area contributed by atoms with Gasteiger partial charge in [-0.3, -0.25) is 14.6 Å². The smallest absolute Gasteiger partial charge is 0.176 e. The van der Waals surface area contributed by atoms with Crippen molar-refractivity contribution in [3.8, 4) is 0 Å². The SMILES string of the molecule is C=C(C)C(=O)C1CN2CCN1CC2. The Bertz CT molecular complexity index is 241. The second-order valence-electron chi connectivity index (χ2n) is 4.00. The lowest BCUT2D eigenvalue weighted by molar-refractivity contribution is -0.125. The Morgan fingerprint density at radius 3 is 2.31 bits per heavy atom. The maximum absolute atomic E-state index is 11.7. The minimum atomic E-state index is 0.0972. The molecule has 0 aromatic heterocycles. The van der Waals surface area contributed by atoms with Gasteiger partial charge in [0.15, 0.2) is 5.78 Å². The van der Waals surface area contributed by atoms with Crippen LogP contribution in [0.3, 0.4) is 0 Å². The first kappa shape index (κ1) is 8.91. The highest BCUT2D eigenvalue weighted by atomic mass is 16.1. The van der Waals surface area contributed by atoms with E-state index in [1.165, 1.54) is 0 Å². The van der Waals surface area contributed by atoms with Gasteiger partial charge < -0.3 is 0 Å². The van der Waals surface area contributed by atoms with Crippen LogP contribution in [-0.2, 0) is 4.79 Å². The average Bonchev–Trinajstić information content (AvgIpc) is 2.18. The van der Waals surface area contributed by atoms with E-state index >= 15 is 0 Å². The van der Waals surface area contributed by atoms with E-state index in [2.05, 4.69) is 16.4 Å². The van der Waals surface area contributed by atoms with Crippen molar-refractivity contribution in [1.29, 1.82) is 0 Å². The molecule has 0 aromatic carbocycles. The molecule has 1 unspecified atom stereocenters. The molecular weight excluding hydrogens is 164 g/mol. The van der Waals surface area contributed by atoms with E-state index in [0.29, 0.717) is 5.57 Å². The average molecular weight is 180 g/mol. The van der Waals surface area contributed by atoms with E-state index in [0.717, 1.165) is 32.7 Å². The normalized spacial score (nSPS) is 37.5. The summed E-state index contributed by atoms with van der Waals surface area (Å²) in [6.45, 7) is 10.8. The van der Waals surface area contributed by atoms with Crippen LogP contribution in [-0.4, -0.2) is 54.3 Å². The minimum Gasteiger partial charge on any atom is -0.299 e. The number of Topliss-reactive ketones (excluding diaryl/α,β-unsaturated/α-hetero) is 1. The number of fused-ring (bicyclic) bond motifs is 3. The van der Waals surface area contributed by atoms with Crippen LogP contribution in [0.4, 0.5) is 0 Å². The number of rotatable bonds is 2. The number of carbonyl (C=O) groups excluding carboxylic acids is 1. The van der Waals surface area contributed by atoms with Crippen LogP contribution in [0.2, 0.25) is 0 Å². The molecule has 3 aliphatic rings. The van der Waals surface area contributed by atoms with Crippen molar-refractivity contribution in [2.45, 2.75) is 13.0 Å². The van der Waals surface area contributed by atoms with Crippen LogP contribution in [0.15, 0.2) is 12.2 Å². The van der Waals surface area contributed by atoms with Gasteiger partial charge in [0.1, 0.15) is 0 Å². The maximum atomic E-state index is 11.7. The summed E-state index contributed by atoms with van der Waals surface area (Å²) in [5.74, 6) is 0.226. The first-order valence-electron chi connectivity index (χ1n) is 4.84. The molecule has 13 heavy (non-hydrogen) atoms. The summed E-state index contributed by atoms with van der Waals surface area (Å²) in [6, 6.07) is 0.0972. The quantitative estimate of drug-likeness (QED) is 0.564. The predicted molar refractivity (Wildman–Crippen MR) is 51.6 cm³/mol. The third-order valence-corrected chi connectivity index (χ3v) is 3.00. The summed E-state index contributed by atoms with van der Waals surface area (Å²) in [6.07, 6.45) is 0. The maximum Gasteiger partial charge on any atom is 0.176 e. The summed E-state index contributed by atoms with van der Waals surface area (Å²) >= 11 is 0. The fraction of sp³-hybridized carbons (Fsp3) is 0.700. The highest BCUT2D eigenvalue weighted by Gasteiger charge is 2.35. The molecule has 3 aliphatic heterocycles. The van der Waals surface area contributed by atoms with E-state index in [1.54, 1.807) is 6.92 Å². The summed E-state index contributed by atoms with van der Waals surface area (Å²) in [5, 5.41) is 0. The molecule has 3 saturated heterocycles. The van der Waals surface area contributed by atoms with Crippen molar-refractivity contribution in [2.24, 2.45) is 0 Å². The summed E-state index contributed by atoms with van der Waals surface area (Å²) < 4.78 is 0. The Labute approximate surface area is 79.0 Å². The van der Waals surface area contributed by atoms with Gasteiger partial charge in [0, 0.05) is 32.7 Å². The fourth-order valence-corrected chi connectivity index (χ4v) is 2.15. The van der Waals surface area contributed by atoms with Crippen molar-refractivity contribution in [3.05, 3.63) is 12.2 Å². The Balaban J connectivity index is 2.08. The molecule has 0 amide bonds. The highest BCUT2D eigenvalue weighted by molar-refractivity contribution is 5.98. The largest absolute Gasteiger partial charge is 0.299 e. The third-order valence-electron chi connectivity index (χ3n) is 3.00. The van der Waals surface area contributed by atoms with Crippen molar-refractivity contribution >= 4 is 5.78 Å². The molecule has 0 aliphatic carbocycles. The fourth-order valence-electron chi connectivity index (χ4n) is 2.15. The Morgan fingerprint density at radius 1 is 1.31 bits per heavy atom. The molecule has 0 saturated carbocycles. The van der Waals surface area contributed by atoms with Crippen molar-refractivity contribution < 1.29 is 4.79 Å². The molecule has 0 spiro atoms. The first-order chi connectivity index (χ1) is 6.18. The van der Waals surface area contributed by atoms with Crippen LogP contribution in [0.25, 0.3) is 0 Å². The molecular formula is C10H16N2O. The van der Waals surface area contributed by atoms with Gasteiger partial charge in [0.05, 0.1) is 6.04 Å². The summed E-state index contributed by atoms with van der Waals surface area (Å²) in [5.41, 5.74) is 0.693. The van der Waals surface area contributed by atoms with E-state index in [4.69, 9.17) is 0 Å². The number of carbonyl (C=O) groups is 1. The van der Waals surface area contributed by atoms with Gasteiger partial charge in [-0.25, -0.2) is 0 Å². The van der Waals surface area contributed by atoms with Gasteiger partial charge in [-0.2, -0.15) is 0 Å². The lowest BCUT2D eigenvalue weighted by atomic mass is 10.00. The van der Waals surface area contributed by atoms with E-state index < -0.39 is 0 Å².